The van der Waals surface area contributed by atoms with Gasteiger partial charge in [0.1, 0.15) is 0 Å². The second kappa shape index (κ2) is 87.5. The first-order valence-corrected chi connectivity index (χ1v) is 45.3. The molecule has 0 aromatic rings. The van der Waals surface area contributed by atoms with Crippen molar-refractivity contribution < 1.29 is 24.5 Å². The Morgan fingerprint density at radius 1 is 0.286 bits per heavy atom. The van der Waals surface area contributed by atoms with Crippen LogP contribution in [0.4, 0.5) is 0 Å². The van der Waals surface area contributed by atoms with Crippen LogP contribution in [0.1, 0.15) is 515 Å². The highest BCUT2D eigenvalue weighted by atomic mass is 16.5. The van der Waals surface area contributed by atoms with Crippen molar-refractivity contribution in [1.82, 2.24) is 5.32 Å². The van der Waals surface area contributed by atoms with Gasteiger partial charge in [0.2, 0.25) is 5.91 Å². The number of nitrogens with one attached hydrogen (secondary N) is 1. The number of aliphatic hydroxyl groups is 2. The van der Waals surface area contributed by atoms with Gasteiger partial charge in [-0.1, -0.05) is 474 Å². The number of hydrogen-bond donors (Lipinski definition) is 3. The molecular formula is C92H177NO5. The van der Waals surface area contributed by atoms with Gasteiger partial charge in [-0.3, -0.25) is 9.59 Å². The summed E-state index contributed by atoms with van der Waals surface area (Å²) < 4.78 is 5.52. The minimum Gasteiger partial charge on any atom is -0.466 e. The summed E-state index contributed by atoms with van der Waals surface area (Å²) in [5.41, 5.74) is 0. The van der Waals surface area contributed by atoms with Gasteiger partial charge in [-0.15, -0.1) is 0 Å². The van der Waals surface area contributed by atoms with Crippen molar-refractivity contribution in [3.63, 3.8) is 0 Å². The average molecular weight is 1380 g/mol. The van der Waals surface area contributed by atoms with Gasteiger partial charge in [0.05, 0.1) is 25.4 Å². The fraction of sp³-hybridized carbons (Fsp3) is 0.913. The smallest absolute Gasteiger partial charge is 0.305 e. The summed E-state index contributed by atoms with van der Waals surface area (Å²) in [5, 5.41) is 23.4. The molecular weight excluding hydrogens is 1200 g/mol. The van der Waals surface area contributed by atoms with Crippen molar-refractivity contribution in [3.05, 3.63) is 36.5 Å². The molecule has 0 aliphatic rings. The number of ether oxygens (including phenoxy) is 1. The summed E-state index contributed by atoms with van der Waals surface area (Å²) in [6.07, 6.45) is 116. The maximum Gasteiger partial charge on any atom is 0.305 e. The number of esters is 1. The predicted molar refractivity (Wildman–Crippen MR) is 435 cm³/mol. The highest BCUT2D eigenvalue weighted by molar-refractivity contribution is 5.76. The van der Waals surface area contributed by atoms with E-state index < -0.39 is 12.1 Å². The zero-order valence-electron chi connectivity index (χ0n) is 66.8. The molecule has 0 aliphatic heterocycles. The standard InChI is InChI=1S/C92H177NO5/c1-3-5-7-9-11-13-15-17-19-21-22-23-24-40-43-46-49-53-56-60-64-68-72-76-80-84-90(95)89(88-94)93-91(96)85-81-77-73-69-65-61-57-54-50-47-44-41-38-36-34-32-30-28-26-25-27-29-31-33-35-37-39-42-45-48-51-55-59-63-67-71-75-79-83-87-98-92(97)86-82-78-74-70-66-62-58-52-20-18-16-14-12-10-8-6-4-2/h25-26,29,31,80,84,89-90,94-95H,3-24,27-28,30,32-79,81-83,85-88H2,1-2H3,(H,93,96)/b26-25-,31-29-,84-80+. The van der Waals surface area contributed by atoms with Gasteiger partial charge in [-0.05, 0) is 64.2 Å². The van der Waals surface area contributed by atoms with E-state index >= 15 is 0 Å². The van der Waals surface area contributed by atoms with Crippen LogP contribution in [0, 0.1) is 0 Å². The topological polar surface area (TPSA) is 95.9 Å². The van der Waals surface area contributed by atoms with Gasteiger partial charge in [0.25, 0.3) is 0 Å². The zero-order chi connectivity index (χ0) is 70.5. The summed E-state index contributed by atoms with van der Waals surface area (Å²) >= 11 is 0. The van der Waals surface area contributed by atoms with Crippen LogP contribution in [0.25, 0.3) is 0 Å². The number of carbonyl (C=O) groups excluding carboxylic acids is 2. The first-order chi connectivity index (χ1) is 48.5. The van der Waals surface area contributed by atoms with Crippen molar-refractivity contribution >= 4 is 11.9 Å². The molecule has 0 aromatic carbocycles. The molecule has 2 unspecified atom stereocenters. The van der Waals surface area contributed by atoms with E-state index in [0.29, 0.717) is 19.4 Å². The van der Waals surface area contributed by atoms with Crippen LogP contribution < -0.4 is 5.32 Å². The van der Waals surface area contributed by atoms with Gasteiger partial charge in [0.15, 0.2) is 0 Å². The molecule has 98 heavy (non-hydrogen) atoms. The first-order valence-electron chi connectivity index (χ1n) is 45.3. The van der Waals surface area contributed by atoms with Crippen LogP contribution in [0.3, 0.4) is 0 Å². The van der Waals surface area contributed by atoms with Crippen molar-refractivity contribution in [2.24, 2.45) is 0 Å². The fourth-order valence-electron chi connectivity index (χ4n) is 14.6. The summed E-state index contributed by atoms with van der Waals surface area (Å²) in [5.74, 6) is -0.0339. The van der Waals surface area contributed by atoms with Crippen molar-refractivity contribution in [3.8, 4) is 0 Å². The molecule has 0 rings (SSSR count). The normalized spacial score (nSPS) is 12.6. The van der Waals surface area contributed by atoms with Crippen molar-refractivity contribution in [2.75, 3.05) is 13.2 Å². The molecule has 580 valence electrons. The van der Waals surface area contributed by atoms with E-state index in [2.05, 4.69) is 43.5 Å². The summed E-state index contributed by atoms with van der Waals surface area (Å²) in [6, 6.07) is -0.628. The fourth-order valence-corrected chi connectivity index (χ4v) is 14.6. The Morgan fingerprint density at radius 2 is 0.510 bits per heavy atom. The van der Waals surface area contributed by atoms with Gasteiger partial charge >= 0.3 is 5.97 Å². The maximum atomic E-state index is 12.6. The monoisotopic (exact) mass is 1380 g/mol. The highest BCUT2D eigenvalue weighted by Crippen LogP contribution is 2.21. The molecule has 0 saturated carbocycles. The second-order valence-electron chi connectivity index (χ2n) is 31.3. The van der Waals surface area contributed by atoms with Crippen LogP contribution in [0.5, 0.6) is 0 Å². The summed E-state index contributed by atoms with van der Waals surface area (Å²) in [4.78, 5) is 24.7. The summed E-state index contributed by atoms with van der Waals surface area (Å²) in [7, 11) is 0. The zero-order valence-corrected chi connectivity index (χ0v) is 66.8. The van der Waals surface area contributed by atoms with E-state index in [0.717, 1.165) is 44.9 Å². The van der Waals surface area contributed by atoms with Gasteiger partial charge in [-0.25, -0.2) is 0 Å². The first kappa shape index (κ1) is 96.1. The molecule has 6 nitrogen and oxygen atoms in total. The SMILES string of the molecule is CCCCCCCCCCCCCCCCCCCCCCCCC/C=C/C(O)C(CO)NC(=O)CCCCCCCCCCCCCCCCCCC/C=C\C/C=C\CCCCCCCCCCCCCCCCCOC(=O)CCCCCCCCCCCCCCCCCCC. The third-order valence-electron chi connectivity index (χ3n) is 21.4. The second-order valence-corrected chi connectivity index (χ2v) is 31.3. The lowest BCUT2D eigenvalue weighted by atomic mass is 10.0. The minimum atomic E-state index is -0.844. The molecule has 0 fully saturated rings. The molecule has 1 amide bonds. The van der Waals surface area contributed by atoms with E-state index in [1.165, 1.54) is 443 Å². The van der Waals surface area contributed by atoms with E-state index in [4.69, 9.17) is 4.74 Å². The molecule has 0 aliphatic carbocycles. The number of hydrogen-bond acceptors (Lipinski definition) is 5. The van der Waals surface area contributed by atoms with Gasteiger partial charge in [-0.2, -0.15) is 0 Å². The highest BCUT2D eigenvalue weighted by Gasteiger charge is 2.18. The number of rotatable bonds is 86. The largest absolute Gasteiger partial charge is 0.466 e. The maximum absolute atomic E-state index is 12.6. The van der Waals surface area contributed by atoms with Crippen LogP contribution in [-0.4, -0.2) is 47.4 Å². The number of allylic oxidation sites excluding steroid dienone is 5. The quantitative estimate of drug-likeness (QED) is 0.0320. The van der Waals surface area contributed by atoms with Crippen LogP contribution in [0.15, 0.2) is 36.5 Å². The lowest BCUT2D eigenvalue weighted by Gasteiger charge is -2.20. The van der Waals surface area contributed by atoms with Gasteiger partial charge in [0, 0.05) is 12.8 Å². The Hall–Kier alpha value is -1.92. The molecule has 2 atom stereocenters. The molecule has 0 spiro atoms. The molecule has 6 heteroatoms. The number of aliphatic hydroxyl groups excluding tert-OH is 2. The van der Waals surface area contributed by atoms with Crippen LogP contribution >= 0.6 is 0 Å². The molecule has 0 bridgehead atoms. The summed E-state index contributed by atoms with van der Waals surface area (Å²) in [6.45, 7) is 4.97. The number of carbonyl (C=O) groups is 2. The molecule has 0 heterocycles. The lowest BCUT2D eigenvalue weighted by molar-refractivity contribution is -0.143. The average Bonchev–Trinajstić information content (AvgIpc) is 1.57. The van der Waals surface area contributed by atoms with Crippen LogP contribution in [-0.2, 0) is 14.3 Å². The third-order valence-corrected chi connectivity index (χ3v) is 21.4. The molecule has 0 saturated heterocycles. The number of unbranched alkanes of at least 4 members (excludes halogenated alkanes) is 71. The Morgan fingerprint density at radius 3 is 0.776 bits per heavy atom. The van der Waals surface area contributed by atoms with Gasteiger partial charge < -0.3 is 20.3 Å². The molecule has 0 aromatic heterocycles. The Labute approximate surface area is 614 Å². The Bertz CT molecular complexity index is 1590. The molecule has 3 N–H and O–H groups in total. The van der Waals surface area contributed by atoms with E-state index in [1.807, 2.05) is 6.08 Å². The van der Waals surface area contributed by atoms with E-state index in [-0.39, 0.29) is 18.5 Å². The molecule has 0 radical (unpaired) electrons. The van der Waals surface area contributed by atoms with Crippen LogP contribution in [0.2, 0.25) is 0 Å². The lowest BCUT2D eigenvalue weighted by Crippen LogP contribution is -2.45. The van der Waals surface area contributed by atoms with E-state index in [1.54, 1.807) is 6.08 Å². The Balaban J connectivity index is 3.37. The number of amides is 1. The van der Waals surface area contributed by atoms with Crippen molar-refractivity contribution in [2.45, 2.75) is 527 Å². The van der Waals surface area contributed by atoms with Crippen molar-refractivity contribution in [1.29, 1.82) is 0 Å². The predicted octanol–water partition coefficient (Wildman–Crippen LogP) is 30.5. The minimum absolute atomic E-state index is 0.0252. The van der Waals surface area contributed by atoms with E-state index in [9.17, 15) is 19.8 Å². The third kappa shape index (κ3) is 83.0. The Kier molecular flexibility index (Phi) is 85.8.